The van der Waals surface area contributed by atoms with E-state index < -0.39 is 0 Å². The maximum absolute atomic E-state index is 4.39. The maximum atomic E-state index is 4.39. The number of nitrogens with one attached hydrogen (secondary N) is 1. The fraction of sp³-hybridized carbons (Fsp3) is 0.273. The van der Waals surface area contributed by atoms with Gasteiger partial charge in [-0.15, -0.1) is 0 Å². The van der Waals surface area contributed by atoms with Crippen molar-refractivity contribution in [3.05, 3.63) is 36.3 Å². The van der Waals surface area contributed by atoms with Gasteiger partial charge in [0.1, 0.15) is 0 Å². The first-order chi connectivity index (χ1) is 7.31. The lowest BCUT2D eigenvalue weighted by Gasteiger charge is -1.99. The molecule has 1 N–H and O–H groups in total. The fourth-order valence-corrected chi connectivity index (χ4v) is 1.57. The topological polar surface area (TPSA) is 42.7 Å². The lowest BCUT2D eigenvalue weighted by atomic mass is 10.1. The van der Waals surface area contributed by atoms with Gasteiger partial charge in [-0.25, -0.2) is 0 Å². The molecule has 0 saturated carbocycles. The summed E-state index contributed by atoms with van der Waals surface area (Å²) in [5.74, 6) is 0. The zero-order valence-electron chi connectivity index (χ0n) is 8.94. The lowest BCUT2D eigenvalue weighted by Crippen LogP contribution is -2.07. The second-order valence-corrected chi connectivity index (χ2v) is 3.41. The van der Waals surface area contributed by atoms with Gasteiger partial charge in [-0.05, 0) is 19.2 Å². The van der Waals surface area contributed by atoms with E-state index in [1.54, 1.807) is 6.20 Å². The van der Waals surface area contributed by atoms with Crippen LogP contribution < -0.4 is 5.32 Å². The summed E-state index contributed by atoms with van der Waals surface area (Å²) in [6.07, 6.45) is 3.79. The summed E-state index contributed by atoms with van der Waals surface area (Å²) in [6.45, 7) is 0.757. The fourth-order valence-electron chi connectivity index (χ4n) is 1.57. The molecule has 0 aliphatic heterocycles. The van der Waals surface area contributed by atoms with E-state index in [-0.39, 0.29) is 0 Å². The van der Waals surface area contributed by atoms with Gasteiger partial charge in [0.15, 0.2) is 0 Å². The molecule has 0 saturated heterocycles. The first kappa shape index (κ1) is 9.86. The first-order valence-electron chi connectivity index (χ1n) is 4.90. The number of rotatable bonds is 3. The zero-order chi connectivity index (χ0) is 10.7. The van der Waals surface area contributed by atoms with Gasteiger partial charge in [-0.3, -0.25) is 9.67 Å². The molecule has 0 aromatic carbocycles. The molecule has 4 nitrogen and oxygen atoms in total. The van der Waals surface area contributed by atoms with E-state index in [4.69, 9.17) is 0 Å². The molecular weight excluding hydrogens is 188 g/mol. The summed E-state index contributed by atoms with van der Waals surface area (Å²) in [5, 5.41) is 7.49. The summed E-state index contributed by atoms with van der Waals surface area (Å²) in [6, 6.07) is 5.90. The van der Waals surface area contributed by atoms with E-state index in [1.165, 1.54) is 0 Å². The molecule has 2 aromatic heterocycles. The van der Waals surface area contributed by atoms with Crippen LogP contribution in [0, 0.1) is 0 Å². The van der Waals surface area contributed by atoms with Crippen LogP contribution in [-0.4, -0.2) is 21.8 Å². The third-order valence-corrected chi connectivity index (χ3v) is 2.19. The Morgan fingerprint density at radius 2 is 2.27 bits per heavy atom. The van der Waals surface area contributed by atoms with E-state index >= 15 is 0 Å². The second kappa shape index (κ2) is 4.23. The molecule has 0 aliphatic carbocycles. The van der Waals surface area contributed by atoms with Crippen LogP contribution >= 0.6 is 0 Å². The van der Waals surface area contributed by atoms with E-state index in [0.717, 1.165) is 23.5 Å². The molecule has 0 unspecified atom stereocenters. The number of aromatic nitrogens is 3. The van der Waals surface area contributed by atoms with Gasteiger partial charge in [-0.1, -0.05) is 6.07 Å². The normalized spacial score (nSPS) is 10.5. The van der Waals surface area contributed by atoms with E-state index in [9.17, 15) is 0 Å². The highest BCUT2D eigenvalue weighted by molar-refractivity contribution is 5.60. The van der Waals surface area contributed by atoms with Crippen molar-refractivity contribution in [2.24, 2.45) is 7.05 Å². The van der Waals surface area contributed by atoms with Crippen molar-refractivity contribution in [2.45, 2.75) is 6.54 Å². The van der Waals surface area contributed by atoms with Gasteiger partial charge >= 0.3 is 0 Å². The van der Waals surface area contributed by atoms with Crippen LogP contribution in [0.4, 0.5) is 0 Å². The average molecular weight is 202 g/mol. The van der Waals surface area contributed by atoms with Crippen LogP contribution in [0.2, 0.25) is 0 Å². The Morgan fingerprint density at radius 1 is 1.40 bits per heavy atom. The van der Waals surface area contributed by atoms with Crippen molar-refractivity contribution < 1.29 is 0 Å². The Hall–Kier alpha value is -1.68. The number of hydrogen-bond donors (Lipinski definition) is 1. The Bertz CT molecular complexity index is 433. The van der Waals surface area contributed by atoms with Crippen molar-refractivity contribution in [1.82, 2.24) is 20.1 Å². The molecule has 4 heteroatoms. The molecule has 0 bridgehead atoms. The average Bonchev–Trinajstić information content (AvgIpc) is 2.62. The summed E-state index contributed by atoms with van der Waals surface area (Å²) in [7, 11) is 3.84. The van der Waals surface area contributed by atoms with Crippen LogP contribution in [-0.2, 0) is 13.6 Å². The van der Waals surface area contributed by atoms with Crippen molar-refractivity contribution in [1.29, 1.82) is 0 Å². The van der Waals surface area contributed by atoms with Gasteiger partial charge in [0.05, 0.1) is 11.4 Å². The van der Waals surface area contributed by atoms with Crippen LogP contribution in [0.1, 0.15) is 5.69 Å². The highest BCUT2D eigenvalue weighted by Crippen LogP contribution is 2.19. The summed E-state index contributed by atoms with van der Waals surface area (Å²) in [5.41, 5.74) is 3.09. The van der Waals surface area contributed by atoms with Crippen molar-refractivity contribution in [3.63, 3.8) is 0 Å². The number of aryl methyl sites for hydroxylation is 1. The molecule has 2 aromatic rings. The Labute approximate surface area is 89.0 Å². The minimum absolute atomic E-state index is 0.757. The van der Waals surface area contributed by atoms with Crippen molar-refractivity contribution >= 4 is 0 Å². The predicted octanol–water partition coefficient (Wildman–Crippen LogP) is 1.20. The maximum Gasteiger partial charge on any atom is 0.0856 e. The lowest BCUT2D eigenvalue weighted by molar-refractivity contribution is 0.712. The van der Waals surface area contributed by atoms with Crippen molar-refractivity contribution in [2.75, 3.05) is 7.05 Å². The van der Waals surface area contributed by atoms with Gasteiger partial charge in [0, 0.05) is 31.5 Å². The van der Waals surface area contributed by atoms with Gasteiger partial charge in [0.25, 0.3) is 0 Å². The van der Waals surface area contributed by atoms with Gasteiger partial charge < -0.3 is 5.32 Å². The molecule has 0 aliphatic rings. The minimum atomic E-state index is 0.757. The van der Waals surface area contributed by atoms with E-state index in [1.807, 2.05) is 43.2 Å². The standard InChI is InChI=1S/C11H14N4/c1-12-7-11-9(8-15(2)14-11)10-5-3-4-6-13-10/h3-6,8,12H,7H2,1-2H3. The van der Waals surface area contributed by atoms with Crippen LogP contribution in [0.3, 0.4) is 0 Å². The number of nitrogens with zero attached hydrogens (tertiary/aromatic N) is 3. The SMILES string of the molecule is CNCc1nn(C)cc1-c1ccccn1. The highest BCUT2D eigenvalue weighted by atomic mass is 15.3. The smallest absolute Gasteiger partial charge is 0.0856 e. The largest absolute Gasteiger partial charge is 0.314 e. The molecule has 0 atom stereocenters. The third-order valence-electron chi connectivity index (χ3n) is 2.19. The monoisotopic (exact) mass is 202 g/mol. The molecule has 2 rings (SSSR count). The summed E-state index contributed by atoms with van der Waals surface area (Å²) in [4.78, 5) is 4.32. The van der Waals surface area contributed by atoms with Crippen LogP contribution in [0.5, 0.6) is 0 Å². The Morgan fingerprint density at radius 3 is 2.93 bits per heavy atom. The van der Waals surface area contributed by atoms with Crippen LogP contribution in [0.15, 0.2) is 30.6 Å². The van der Waals surface area contributed by atoms with Gasteiger partial charge in [-0.2, -0.15) is 5.10 Å². The molecule has 2 heterocycles. The molecule has 0 radical (unpaired) electrons. The first-order valence-corrected chi connectivity index (χ1v) is 4.90. The molecular formula is C11H14N4. The number of pyridine rings is 1. The molecule has 15 heavy (non-hydrogen) atoms. The number of hydrogen-bond acceptors (Lipinski definition) is 3. The summed E-state index contributed by atoms with van der Waals surface area (Å²) < 4.78 is 1.82. The Balaban J connectivity index is 2.43. The Kier molecular flexibility index (Phi) is 2.78. The third kappa shape index (κ3) is 2.05. The van der Waals surface area contributed by atoms with Crippen LogP contribution in [0.25, 0.3) is 11.3 Å². The van der Waals surface area contributed by atoms with E-state index in [2.05, 4.69) is 15.4 Å². The quantitative estimate of drug-likeness (QED) is 0.813. The van der Waals surface area contributed by atoms with Crippen molar-refractivity contribution in [3.8, 4) is 11.3 Å². The highest BCUT2D eigenvalue weighted by Gasteiger charge is 2.09. The predicted molar refractivity (Wildman–Crippen MR) is 59.2 cm³/mol. The molecule has 0 spiro atoms. The molecule has 0 fully saturated rings. The molecule has 0 amide bonds. The summed E-state index contributed by atoms with van der Waals surface area (Å²) >= 11 is 0. The zero-order valence-corrected chi connectivity index (χ0v) is 8.94. The molecule has 78 valence electrons. The van der Waals surface area contributed by atoms with E-state index in [0.29, 0.717) is 0 Å². The van der Waals surface area contributed by atoms with Gasteiger partial charge in [0.2, 0.25) is 0 Å². The second-order valence-electron chi connectivity index (χ2n) is 3.41. The minimum Gasteiger partial charge on any atom is -0.314 e.